The zero-order chi connectivity index (χ0) is 9.03. The first kappa shape index (κ1) is 9.61. The van der Waals surface area contributed by atoms with Crippen LogP contribution in [0.5, 0.6) is 0 Å². The molecule has 1 unspecified atom stereocenters. The van der Waals surface area contributed by atoms with E-state index in [1.54, 1.807) is 0 Å². The highest BCUT2D eigenvalue weighted by atomic mass is 15.0. The second kappa shape index (κ2) is 3.96. The van der Waals surface area contributed by atoms with Crippen LogP contribution in [0.1, 0.15) is 39.5 Å². The van der Waals surface area contributed by atoms with Crippen molar-refractivity contribution in [2.45, 2.75) is 45.1 Å². The molecule has 0 radical (unpaired) electrons. The van der Waals surface area contributed by atoms with Gasteiger partial charge in [0.15, 0.2) is 0 Å². The molecule has 1 rings (SSSR count). The van der Waals surface area contributed by atoms with Crippen molar-refractivity contribution >= 4 is 0 Å². The van der Waals surface area contributed by atoms with Crippen LogP contribution in [-0.2, 0) is 0 Å². The second-order valence-electron chi connectivity index (χ2n) is 4.05. The Morgan fingerprint density at radius 2 is 2.33 bits per heavy atom. The Bertz CT molecular complexity index is 170. The van der Waals surface area contributed by atoms with Gasteiger partial charge in [0.1, 0.15) is 0 Å². The zero-order valence-electron chi connectivity index (χ0n) is 8.19. The van der Waals surface area contributed by atoms with E-state index in [4.69, 9.17) is 6.42 Å². The highest BCUT2D eigenvalue weighted by Gasteiger charge is 2.35. The normalized spacial score (nSPS) is 29.2. The maximum atomic E-state index is 5.29. The smallest absolute Gasteiger partial charge is 0.0213 e. The summed E-state index contributed by atoms with van der Waals surface area (Å²) in [6.45, 7) is 5.74. The third-order valence-electron chi connectivity index (χ3n) is 3.10. The first-order valence-corrected chi connectivity index (χ1v) is 4.90. The molecule has 1 nitrogen and oxygen atoms in total. The van der Waals surface area contributed by atoms with Crippen molar-refractivity contribution in [3.05, 3.63) is 0 Å². The van der Waals surface area contributed by atoms with Crippen LogP contribution in [0.3, 0.4) is 0 Å². The lowest BCUT2D eigenvalue weighted by molar-refractivity contribution is 0.255. The van der Waals surface area contributed by atoms with E-state index in [0.29, 0.717) is 11.5 Å². The first-order chi connectivity index (χ1) is 5.71. The summed E-state index contributed by atoms with van der Waals surface area (Å²) in [5.74, 6) is 3.44. The van der Waals surface area contributed by atoms with Gasteiger partial charge in [-0.15, -0.1) is 12.3 Å². The van der Waals surface area contributed by atoms with Gasteiger partial charge in [-0.3, -0.25) is 0 Å². The Balaban J connectivity index is 2.54. The third-order valence-corrected chi connectivity index (χ3v) is 3.10. The quantitative estimate of drug-likeness (QED) is 0.632. The number of terminal acetylenes is 1. The summed E-state index contributed by atoms with van der Waals surface area (Å²) >= 11 is 0. The van der Waals surface area contributed by atoms with E-state index >= 15 is 0 Å². The molecule has 1 heteroatoms. The van der Waals surface area contributed by atoms with E-state index in [1.165, 1.54) is 19.4 Å². The molecule has 1 fully saturated rings. The molecule has 68 valence electrons. The Morgan fingerprint density at radius 3 is 2.75 bits per heavy atom. The van der Waals surface area contributed by atoms with Gasteiger partial charge in [-0.1, -0.05) is 13.8 Å². The van der Waals surface area contributed by atoms with E-state index in [0.717, 1.165) is 12.8 Å². The van der Waals surface area contributed by atoms with E-state index in [9.17, 15) is 0 Å². The molecule has 0 aliphatic carbocycles. The van der Waals surface area contributed by atoms with Crippen LogP contribution >= 0.6 is 0 Å². The van der Waals surface area contributed by atoms with Gasteiger partial charge in [0.2, 0.25) is 0 Å². The van der Waals surface area contributed by atoms with Gasteiger partial charge >= 0.3 is 0 Å². The fraction of sp³-hybridized carbons (Fsp3) is 0.818. The summed E-state index contributed by atoms with van der Waals surface area (Å²) in [6.07, 6.45) is 9.94. The van der Waals surface area contributed by atoms with Crippen LogP contribution in [0.25, 0.3) is 0 Å². The third kappa shape index (κ3) is 1.81. The Hall–Kier alpha value is -0.480. The molecule has 0 bridgehead atoms. The summed E-state index contributed by atoms with van der Waals surface area (Å²) in [6, 6.07) is 0. The molecule has 1 heterocycles. The van der Waals surface area contributed by atoms with Crippen molar-refractivity contribution < 1.29 is 0 Å². The predicted octanol–water partition coefficient (Wildman–Crippen LogP) is 2.18. The van der Waals surface area contributed by atoms with Gasteiger partial charge in [0.05, 0.1) is 0 Å². The Labute approximate surface area is 75.9 Å². The molecule has 1 saturated heterocycles. The lowest BCUT2D eigenvalue weighted by atomic mass is 9.81. The lowest BCUT2D eigenvalue weighted by Crippen LogP contribution is -2.44. The fourth-order valence-electron chi connectivity index (χ4n) is 2.12. The molecule has 1 aliphatic rings. The zero-order valence-corrected chi connectivity index (χ0v) is 8.19. The van der Waals surface area contributed by atoms with Gasteiger partial charge in [0.25, 0.3) is 0 Å². The van der Waals surface area contributed by atoms with Crippen molar-refractivity contribution in [1.82, 2.24) is 5.32 Å². The van der Waals surface area contributed by atoms with Crippen molar-refractivity contribution in [2.75, 3.05) is 6.54 Å². The highest BCUT2D eigenvalue weighted by Crippen LogP contribution is 2.31. The molecule has 0 aromatic heterocycles. The average Bonchev–Trinajstić information content (AvgIpc) is 2.50. The molecule has 0 aromatic carbocycles. The minimum absolute atomic E-state index is 0.354. The van der Waals surface area contributed by atoms with Crippen LogP contribution in [0.2, 0.25) is 0 Å². The molecule has 0 saturated carbocycles. The van der Waals surface area contributed by atoms with Crippen molar-refractivity contribution in [1.29, 1.82) is 0 Å². The monoisotopic (exact) mass is 165 g/mol. The number of rotatable bonds is 3. The Kier molecular flexibility index (Phi) is 3.17. The van der Waals surface area contributed by atoms with Gasteiger partial charge in [-0.25, -0.2) is 0 Å². The maximum absolute atomic E-state index is 5.29. The van der Waals surface area contributed by atoms with Crippen LogP contribution in [0.15, 0.2) is 0 Å². The lowest BCUT2D eigenvalue weighted by Gasteiger charge is -2.33. The van der Waals surface area contributed by atoms with Crippen LogP contribution < -0.4 is 5.32 Å². The summed E-state index contributed by atoms with van der Waals surface area (Å²) < 4.78 is 0. The summed E-state index contributed by atoms with van der Waals surface area (Å²) in [7, 11) is 0. The molecule has 1 atom stereocenters. The summed E-state index contributed by atoms with van der Waals surface area (Å²) in [5.41, 5.74) is 0.354. The molecule has 0 amide bonds. The van der Waals surface area contributed by atoms with Gasteiger partial charge in [-0.05, 0) is 31.7 Å². The van der Waals surface area contributed by atoms with Crippen LogP contribution in [0, 0.1) is 18.3 Å². The standard InChI is InChI=1S/C11H19N/c1-4-5-7-11(10(2)3)8-6-9-12-11/h1,10,12H,5-9H2,2-3H3. The van der Waals surface area contributed by atoms with Gasteiger partial charge in [-0.2, -0.15) is 0 Å². The molecular weight excluding hydrogens is 146 g/mol. The number of hydrogen-bond acceptors (Lipinski definition) is 1. The second-order valence-corrected chi connectivity index (χ2v) is 4.05. The minimum atomic E-state index is 0.354. The summed E-state index contributed by atoms with van der Waals surface area (Å²) in [5, 5.41) is 3.61. The van der Waals surface area contributed by atoms with Crippen molar-refractivity contribution in [2.24, 2.45) is 5.92 Å². The van der Waals surface area contributed by atoms with Crippen molar-refractivity contribution in [3.63, 3.8) is 0 Å². The topological polar surface area (TPSA) is 12.0 Å². The van der Waals surface area contributed by atoms with E-state index in [2.05, 4.69) is 25.1 Å². The van der Waals surface area contributed by atoms with Gasteiger partial charge < -0.3 is 5.32 Å². The largest absolute Gasteiger partial charge is 0.311 e. The van der Waals surface area contributed by atoms with Gasteiger partial charge in [0, 0.05) is 12.0 Å². The first-order valence-electron chi connectivity index (χ1n) is 4.90. The van der Waals surface area contributed by atoms with Crippen molar-refractivity contribution in [3.8, 4) is 12.3 Å². The number of hydrogen-bond donors (Lipinski definition) is 1. The molecule has 0 aromatic rings. The van der Waals surface area contributed by atoms with E-state index in [1.807, 2.05) is 0 Å². The predicted molar refractivity (Wildman–Crippen MR) is 52.9 cm³/mol. The average molecular weight is 165 g/mol. The molecule has 1 N–H and O–H groups in total. The molecule has 1 aliphatic heterocycles. The SMILES string of the molecule is C#CCCC1(C(C)C)CCCN1. The number of nitrogens with one attached hydrogen (secondary N) is 1. The summed E-state index contributed by atoms with van der Waals surface area (Å²) in [4.78, 5) is 0. The molecule has 0 spiro atoms. The van der Waals surface area contributed by atoms with E-state index in [-0.39, 0.29) is 0 Å². The minimum Gasteiger partial charge on any atom is -0.311 e. The molecule has 12 heavy (non-hydrogen) atoms. The Morgan fingerprint density at radius 1 is 1.58 bits per heavy atom. The fourth-order valence-corrected chi connectivity index (χ4v) is 2.12. The van der Waals surface area contributed by atoms with Crippen LogP contribution in [0.4, 0.5) is 0 Å². The van der Waals surface area contributed by atoms with E-state index < -0.39 is 0 Å². The molecular formula is C11H19N. The highest BCUT2D eigenvalue weighted by molar-refractivity contribution is 4.98. The van der Waals surface area contributed by atoms with Crippen LogP contribution in [-0.4, -0.2) is 12.1 Å². The maximum Gasteiger partial charge on any atom is 0.0213 e.